The van der Waals surface area contributed by atoms with E-state index in [2.05, 4.69) is 10.4 Å². The van der Waals surface area contributed by atoms with Crippen molar-refractivity contribution in [3.63, 3.8) is 0 Å². The molecule has 0 aliphatic carbocycles. The van der Waals surface area contributed by atoms with Crippen LogP contribution in [0.3, 0.4) is 0 Å². The highest BCUT2D eigenvalue weighted by molar-refractivity contribution is 7.98. The zero-order chi connectivity index (χ0) is 14.5. The summed E-state index contributed by atoms with van der Waals surface area (Å²) in [5, 5.41) is 16.3. The molecule has 5 nitrogen and oxygen atoms in total. The number of nitrogens with zero attached hydrogens (tertiary/aromatic N) is 2. The maximum atomic E-state index is 12.3. The van der Waals surface area contributed by atoms with Crippen LogP contribution in [-0.4, -0.2) is 45.3 Å². The Morgan fingerprint density at radius 2 is 2.35 bits per heavy atom. The smallest absolute Gasteiger partial charge is 0.255 e. The normalized spacial score (nSPS) is 12.6. The van der Waals surface area contributed by atoms with Gasteiger partial charge in [-0.3, -0.25) is 4.79 Å². The van der Waals surface area contributed by atoms with E-state index in [1.54, 1.807) is 22.5 Å². The summed E-state index contributed by atoms with van der Waals surface area (Å²) in [6.45, 7) is 1.93. The maximum Gasteiger partial charge on any atom is 0.255 e. The largest absolute Gasteiger partial charge is 0.394 e. The molecular weight excluding hydrogens is 274 g/mol. The van der Waals surface area contributed by atoms with E-state index in [1.165, 1.54) is 0 Å². The molecule has 0 aromatic carbocycles. The van der Waals surface area contributed by atoms with E-state index in [4.69, 9.17) is 0 Å². The lowest BCUT2D eigenvalue weighted by Gasteiger charge is -2.15. The second kappa shape index (κ2) is 6.76. The zero-order valence-corrected chi connectivity index (χ0v) is 12.5. The minimum Gasteiger partial charge on any atom is -0.394 e. The van der Waals surface area contributed by atoms with Crippen molar-refractivity contribution in [3.05, 3.63) is 35.7 Å². The Balaban J connectivity index is 2.14. The molecule has 2 rings (SSSR count). The number of hydrogen-bond donors (Lipinski definition) is 2. The molecule has 0 unspecified atom stereocenters. The van der Waals surface area contributed by atoms with Crippen molar-refractivity contribution in [1.82, 2.24) is 14.9 Å². The third-order valence-corrected chi connectivity index (χ3v) is 3.78. The van der Waals surface area contributed by atoms with Gasteiger partial charge in [0.15, 0.2) is 0 Å². The molecule has 20 heavy (non-hydrogen) atoms. The van der Waals surface area contributed by atoms with Gasteiger partial charge in [-0.05, 0) is 37.0 Å². The number of rotatable bonds is 6. The number of amides is 1. The molecule has 0 saturated carbocycles. The van der Waals surface area contributed by atoms with Crippen LogP contribution >= 0.6 is 11.8 Å². The van der Waals surface area contributed by atoms with Gasteiger partial charge in [0.1, 0.15) is 0 Å². The van der Waals surface area contributed by atoms with Crippen LogP contribution < -0.4 is 5.32 Å². The molecule has 2 aromatic heterocycles. The van der Waals surface area contributed by atoms with Gasteiger partial charge in [0.05, 0.1) is 29.9 Å². The van der Waals surface area contributed by atoms with E-state index in [1.807, 2.05) is 31.5 Å². The molecule has 1 atom stereocenters. The Hall–Kier alpha value is -1.53. The van der Waals surface area contributed by atoms with Crippen molar-refractivity contribution >= 4 is 23.2 Å². The molecule has 6 heteroatoms. The third-order valence-electron chi connectivity index (χ3n) is 3.13. The highest BCUT2D eigenvalue weighted by atomic mass is 32.2. The van der Waals surface area contributed by atoms with Crippen LogP contribution in [0.1, 0.15) is 22.3 Å². The lowest BCUT2D eigenvalue weighted by Crippen LogP contribution is -2.37. The second-order valence-electron chi connectivity index (χ2n) is 4.73. The van der Waals surface area contributed by atoms with Crippen LogP contribution in [0.2, 0.25) is 0 Å². The molecule has 0 bridgehead atoms. The first-order chi connectivity index (χ1) is 9.65. The van der Waals surface area contributed by atoms with E-state index >= 15 is 0 Å². The Labute approximate surface area is 122 Å². The van der Waals surface area contributed by atoms with Crippen LogP contribution in [0, 0.1) is 6.92 Å². The maximum absolute atomic E-state index is 12.3. The second-order valence-corrected chi connectivity index (χ2v) is 5.71. The molecule has 108 valence electrons. The number of fused-ring (bicyclic) bond motifs is 1. The number of aromatic nitrogens is 2. The Morgan fingerprint density at radius 1 is 1.55 bits per heavy atom. The standard InChI is InChI=1S/C14H19N3O2S/c1-10-3-4-13-12(7-15-17(13)8-10)14(19)16-11(9-18)5-6-20-2/h3-4,7-8,11,18H,5-6,9H2,1-2H3,(H,16,19)/t11-/m0/s1. The van der Waals surface area contributed by atoms with Gasteiger partial charge in [-0.25, -0.2) is 4.52 Å². The molecule has 2 aromatic rings. The molecule has 0 spiro atoms. The van der Waals surface area contributed by atoms with E-state index in [9.17, 15) is 9.90 Å². The lowest BCUT2D eigenvalue weighted by atomic mass is 10.2. The summed E-state index contributed by atoms with van der Waals surface area (Å²) < 4.78 is 1.69. The molecular formula is C14H19N3O2S. The number of pyridine rings is 1. The predicted molar refractivity (Wildman–Crippen MR) is 81.3 cm³/mol. The van der Waals surface area contributed by atoms with Crippen LogP contribution in [0.15, 0.2) is 24.5 Å². The molecule has 0 fully saturated rings. The fraction of sp³-hybridized carbons (Fsp3) is 0.429. The fourth-order valence-electron chi connectivity index (χ4n) is 1.99. The van der Waals surface area contributed by atoms with E-state index in [0.717, 1.165) is 23.3 Å². The number of aryl methyl sites for hydroxylation is 1. The van der Waals surface area contributed by atoms with Gasteiger partial charge in [0.25, 0.3) is 5.91 Å². The summed E-state index contributed by atoms with van der Waals surface area (Å²) in [7, 11) is 0. The predicted octanol–water partition coefficient (Wildman–Crippen LogP) is 1.49. The van der Waals surface area contributed by atoms with E-state index in [-0.39, 0.29) is 18.6 Å². The zero-order valence-electron chi connectivity index (χ0n) is 11.7. The highest BCUT2D eigenvalue weighted by Crippen LogP contribution is 2.12. The number of carbonyl (C=O) groups excluding carboxylic acids is 1. The number of aliphatic hydroxyl groups is 1. The summed E-state index contributed by atoms with van der Waals surface area (Å²) in [5.41, 5.74) is 2.39. The van der Waals surface area contributed by atoms with Gasteiger partial charge >= 0.3 is 0 Å². The lowest BCUT2D eigenvalue weighted by molar-refractivity contribution is 0.0917. The topological polar surface area (TPSA) is 66.6 Å². The summed E-state index contributed by atoms with van der Waals surface area (Å²) in [6, 6.07) is 3.62. The third kappa shape index (κ3) is 3.32. The summed E-state index contributed by atoms with van der Waals surface area (Å²) in [4.78, 5) is 12.3. The number of thioether (sulfide) groups is 1. The van der Waals surface area contributed by atoms with Crippen molar-refractivity contribution in [3.8, 4) is 0 Å². The van der Waals surface area contributed by atoms with Gasteiger partial charge < -0.3 is 10.4 Å². The van der Waals surface area contributed by atoms with Crippen LogP contribution in [0.4, 0.5) is 0 Å². The number of nitrogens with one attached hydrogen (secondary N) is 1. The molecule has 0 aliphatic rings. The van der Waals surface area contributed by atoms with Crippen molar-refractivity contribution in [1.29, 1.82) is 0 Å². The first-order valence-corrected chi connectivity index (χ1v) is 7.89. The van der Waals surface area contributed by atoms with E-state index in [0.29, 0.717) is 5.56 Å². The Morgan fingerprint density at radius 3 is 3.05 bits per heavy atom. The first kappa shape index (κ1) is 14.9. The highest BCUT2D eigenvalue weighted by Gasteiger charge is 2.16. The van der Waals surface area contributed by atoms with Crippen molar-refractivity contribution in [2.45, 2.75) is 19.4 Å². The van der Waals surface area contributed by atoms with E-state index < -0.39 is 0 Å². The van der Waals surface area contributed by atoms with Gasteiger partial charge in [-0.2, -0.15) is 16.9 Å². The Kier molecular flexibility index (Phi) is 5.03. The average molecular weight is 293 g/mol. The molecule has 0 saturated heterocycles. The van der Waals surface area contributed by atoms with Crippen molar-refractivity contribution in [2.24, 2.45) is 0 Å². The van der Waals surface area contributed by atoms with Gasteiger partial charge in [-0.15, -0.1) is 0 Å². The number of hydrogen-bond acceptors (Lipinski definition) is 4. The fourth-order valence-corrected chi connectivity index (χ4v) is 2.51. The summed E-state index contributed by atoms with van der Waals surface area (Å²) in [5.74, 6) is 0.712. The summed E-state index contributed by atoms with van der Waals surface area (Å²) >= 11 is 1.70. The van der Waals surface area contributed by atoms with Crippen molar-refractivity contribution in [2.75, 3.05) is 18.6 Å². The molecule has 0 radical (unpaired) electrons. The Bertz CT molecular complexity index is 597. The molecule has 1 amide bonds. The van der Waals surface area contributed by atoms with Crippen LogP contribution in [0.5, 0.6) is 0 Å². The van der Waals surface area contributed by atoms with Crippen LogP contribution in [0.25, 0.3) is 5.52 Å². The van der Waals surface area contributed by atoms with Gasteiger partial charge in [-0.1, -0.05) is 6.07 Å². The summed E-state index contributed by atoms with van der Waals surface area (Å²) in [6.07, 6.45) is 6.20. The van der Waals surface area contributed by atoms with Gasteiger partial charge in [0.2, 0.25) is 0 Å². The van der Waals surface area contributed by atoms with Crippen molar-refractivity contribution < 1.29 is 9.90 Å². The first-order valence-electron chi connectivity index (χ1n) is 6.50. The quantitative estimate of drug-likeness (QED) is 0.847. The minimum atomic E-state index is -0.213. The SMILES string of the molecule is CSCC[C@@H](CO)NC(=O)c1cnn2cc(C)ccc12. The van der Waals surface area contributed by atoms with Gasteiger partial charge in [0, 0.05) is 6.20 Å². The van der Waals surface area contributed by atoms with Crippen LogP contribution in [-0.2, 0) is 0 Å². The molecule has 2 N–H and O–H groups in total. The number of aliphatic hydroxyl groups excluding tert-OH is 1. The minimum absolute atomic E-state index is 0.0510. The number of carbonyl (C=O) groups is 1. The average Bonchev–Trinajstić information content (AvgIpc) is 2.86. The molecule has 2 heterocycles. The monoisotopic (exact) mass is 293 g/mol. The molecule has 0 aliphatic heterocycles.